The number of rotatable bonds is 6. The summed E-state index contributed by atoms with van der Waals surface area (Å²) in [5.74, 6) is -2.22. The molecule has 0 radical (unpaired) electrons. The lowest BCUT2D eigenvalue weighted by Crippen LogP contribution is -2.13. The van der Waals surface area contributed by atoms with Crippen molar-refractivity contribution in [3.63, 3.8) is 0 Å². The first-order valence-corrected chi connectivity index (χ1v) is 8.31. The van der Waals surface area contributed by atoms with Crippen LogP contribution < -0.4 is 0 Å². The molecule has 0 spiro atoms. The van der Waals surface area contributed by atoms with E-state index in [-0.39, 0.29) is 34.2 Å². The lowest BCUT2D eigenvalue weighted by molar-refractivity contribution is 0.0522. The molecule has 0 amide bonds. The molecule has 0 unspecified atom stereocenters. The molecule has 1 aromatic heterocycles. The van der Waals surface area contributed by atoms with Crippen LogP contribution in [0, 0.1) is 25.5 Å². The van der Waals surface area contributed by atoms with Crippen LogP contribution in [0.1, 0.15) is 39.0 Å². The molecule has 128 valence electrons. The van der Waals surface area contributed by atoms with Crippen molar-refractivity contribution in [3.05, 3.63) is 52.3 Å². The number of nitrogens with one attached hydrogen (secondary N) is 1. The number of H-pyrrole nitrogens is 1. The Morgan fingerprint density at radius 3 is 2.50 bits per heavy atom. The topological polar surface area (TPSA) is 59.2 Å². The van der Waals surface area contributed by atoms with Gasteiger partial charge in [0.1, 0.15) is 11.6 Å². The zero-order valence-corrected chi connectivity index (χ0v) is 14.4. The zero-order chi connectivity index (χ0) is 17.9. The van der Waals surface area contributed by atoms with Gasteiger partial charge in [-0.2, -0.15) is 0 Å². The van der Waals surface area contributed by atoms with E-state index < -0.39 is 17.6 Å². The van der Waals surface area contributed by atoms with Crippen molar-refractivity contribution in [1.82, 2.24) is 4.98 Å². The van der Waals surface area contributed by atoms with Crippen LogP contribution in [0.5, 0.6) is 0 Å². The molecule has 0 aliphatic rings. The number of carbonyl (C=O) groups excluding carboxylic acids is 2. The van der Waals surface area contributed by atoms with Crippen LogP contribution in [-0.2, 0) is 4.74 Å². The first-order valence-electron chi connectivity index (χ1n) is 7.32. The fourth-order valence-corrected chi connectivity index (χ4v) is 3.22. The Morgan fingerprint density at radius 2 is 1.83 bits per heavy atom. The molecule has 2 aromatic rings. The molecule has 0 aliphatic heterocycles. The minimum atomic E-state index is -0.596. The van der Waals surface area contributed by atoms with Crippen LogP contribution in [0.3, 0.4) is 0 Å². The Balaban J connectivity index is 2.24. The van der Waals surface area contributed by atoms with Crippen molar-refractivity contribution >= 4 is 23.5 Å². The van der Waals surface area contributed by atoms with Gasteiger partial charge in [-0.25, -0.2) is 13.6 Å². The summed E-state index contributed by atoms with van der Waals surface area (Å²) in [6.07, 6.45) is 0. The van der Waals surface area contributed by atoms with Gasteiger partial charge in [0.05, 0.1) is 23.5 Å². The summed E-state index contributed by atoms with van der Waals surface area (Å²) in [5.41, 5.74) is 1.51. The lowest BCUT2D eigenvalue weighted by atomic mass is 10.1. The highest BCUT2D eigenvalue weighted by Crippen LogP contribution is 2.26. The molecule has 1 aromatic carbocycles. The number of aromatic nitrogens is 1. The van der Waals surface area contributed by atoms with E-state index in [0.29, 0.717) is 11.4 Å². The molecule has 1 heterocycles. The minimum Gasteiger partial charge on any atom is -0.462 e. The van der Waals surface area contributed by atoms with Crippen LogP contribution >= 0.6 is 11.8 Å². The van der Waals surface area contributed by atoms with Crippen LogP contribution in [0.4, 0.5) is 8.78 Å². The quantitative estimate of drug-likeness (QED) is 0.483. The second-order valence-corrected chi connectivity index (χ2v) is 6.15. The summed E-state index contributed by atoms with van der Waals surface area (Å²) < 4.78 is 31.8. The number of halogens is 2. The monoisotopic (exact) mass is 353 g/mol. The summed E-state index contributed by atoms with van der Waals surface area (Å²) in [6, 6.07) is 3.06. The number of aromatic amines is 1. The van der Waals surface area contributed by atoms with E-state index in [1.165, 1.54) is 0 Å². The Bertz CT molecular complexity index is 786. The zero-order valence-electron chi connectivity index (χ0n) is 13.5. The van der Waals surface area contributed by atoms with Crippen molar-refractivity contribution in [1.29, 1.82) is 0 Å². The first kappa shape index (κ1) is 18.2. The molecule has 0 saturated carbocycles. The van der Waals surface area contributed by atoms with Crippen molar-refractivity contribution < 1.29 is 23.1 Å². The van der Waals surface area contributed by atoms with Crippen LogP contribution in [-0.4, -0.2) is 29.1 Å². The molecule has 7 heteroatoms. The van der Waals surface area contributed by atoms with Gasteiger partial charge in [-0.15, -0.1) is 11.8 Å². The Kier molecular flexibility index (Phi) is 5.77. The van der Waals surface area contributed by atoms with Crippen molar-refractivity contribution in [2.75, 3.05) is 12.4 Å². The molecular formula is C17H17F2NO3S. The van der Waals surface area contributed by atoms with Gasteiger partial charge < -0.3 is 9.72 Å². The average Bonchev–Trinajstić information content (AvgIpc) is 2.82. The maximum atomic E-state index is 13.6. The molecule has 2 rings (SSSR count). The molecule has 0 fully saturated rings. The van der Waals surface area contributed by atoms with Gasteiger partial charge >= 0.3 is 5.97 Å². The number of aryl methyl sites for hydroxylation is 2. The Morgan fingerprint density at radius 1 is 1.17 bits per heavy atom. The van der Waals surface area contributed by atoms with Gasteiger partial charge in [0, 0.05) is 16.3 Å². The normalized spacial score (nSPS) is 10.7. The average molecular weight is 353 g/mol. The first-order chi connectivity index (χ1) is 11.3. The highest BCUT2D eigenvalue weighted by atomic mass is 32.2. The number of hydrogen-bond acceptors (Lipinski definition) is 4. The highest BCUT2D eigenvalue weighted by molar-refractivity contribution is 8.00. The van der Waals surface area contributed by atoms with Crippen molar-refractivity contribution in [2.24, 2.45) is 0 Å². The number of esters is 1. The van der Waals surface area contributed by atoms with E-state index >= 15 is 0 Å². The molecule has 0 saturated heterocycles. The molecular weight excluding hydrogens is 336 g/mol. The van der Waals surface area contributed by atoms with Crippen molar-refractivity contribution in [2.45, 2.75) is 25.7 Å². The molecule has 24 heavy (non-hydrogen) atoms. The third-order valence-corrected chi connectivity index (χ3v) is 4.42. The molecule has 0 atom stereocenters. The number of thioether (sulfide) groups is 1. The molecule has 4 nitrogen and oxygen atoms in total. The number of ketones is 1. The van der Waals surface area contributed by atoms with Gasteiger partial charge in [0.15, 0.2) is 5.78 Å². The third-order valence-electron chi connectivity index (χ3n) is 3.39. The molecule has 0 aliphatic carbocycles. The van der Waals surface area contributed by atoms with E-state index in [0.717, 1.165) is 30.0 Å². The van der Waals surface area contributed by atoms with Gasteiger partial charge in [-0.05, 0) is 39.0 Å². The largest absolute Gasteiger partial charge is 0.462 e. The second-order valence-electron chi connectivity index (χ2n) is 5.13. The fraction of sp³-hybridized carbons (Fsp3) is 0.294. The maximum Gasteiger partial charge on any atom is 0.340 e. The number of ether oxygens (including phenoxy) is 1. The lowest BCUT2D eigenvalue weighted by Gasteiger charge is -2.06. The van der Waals surface area contributed by atoms with Crippen LogP contribution in [0.25, 0.3) is 0 Å². The van der Waals surface area contributed by atoms with Crippen molar-refractivity contribution in [3.8, 4) is 0 Å². The van der Waals surface area contributed by atoms with E-state index in [2.05, 4.69) is 4.98 Å². The molecule has 1 N–H and O–H groups in total. The van der Waals surface area contributed by atoms with E-state index in [1.807, 2.05) is 0 Å². The van der Waals surface area contributed by atoms with Crippen LogP contribution in [0.15, 0.2) is 23.1 Å². The van der Waals surface area contributed by atoms with Crippen LogP contribution in [0.2, 0.25) is 0 Å². The summed E-state index contributed by atoms with van der Waals surface area (Å²) in [6.45, 7) is 5.22. The minimum absolute atomic E-state index is 0.0472. The number of carbonyl (C=O) groups is 2. The SMILES string of the molecule is CCOC(=O)c1c(C)[nH]c(C)c1C(=O)CSc1cc(F)ccc1F. The predicted octanol–water partition coefficient (Wildman–Crippen LogP) is 4.06. The maximum absolute atomic E-state index is 13.6. The smallest absolute Gasteiger partial charge is 0.340 e. The Hall–Kier alpha value is -2.15. The summed E-state index contributed by atoms with van der Waals surface area (Å²) >= 11 is 0.885. The summed E-state index contributed by atoms with van der Waals surface area (Å²) in [5, 5.41) is 0. The predicted molar refractivity (Wildman–Crippen MR) is 87.6 cm³/mol. The highest BCUT2D eigenvalue weighted by Gasteiger charge is 2.25. The summed E-state index contributed by atoms with van der Waals surface area (Å²) in [4.78, 5) is 27.6. The second kappa shape index (κ2) is 7.61. The third kappa shape index (κ3) is 3.84. The van der Waals surface area contributed by atoms with E-state index in [9.17, 15) is 18.4 Å². The summed E-state index contributed by atoms with van der Waals surface area (Å²) in [7, 11) is 0. The van der Waals surface area contributed by atoms with E-state index in [1.54, 1.807) is 20.8 Å². The number of benzene rings is 1. The fourth-order valence-electron chi connectivity index (χ4n) is 2.39. The standard InChI is InChI=1S/C17H17F2NO3S/c1-4-23-17(22)16-10(3)20-9(2)15(16)13(21)8-24-14-7-11(18)5-6-12(14)19/h5-7,20H,4,8H2,1-3H3. The number of Topliss-reactive ketones (excluding diaryl/α,β-unsaturated/α-hetero) is 1. The van der Waals surface area contributed by atoms with E-state index in [4.69, 9.17) is 4.74 Å². The van der Waals surface area contributed by atoms with Gasteiger partial charge in [0.2, 0.25) is 0 Å². The Labute approximate surface area is 142 Å². The molecule has 0 bridgehead atoms. The van der Waals surface area contributed by atoms with Gasteiger partial charge in [0.25, 0.3) is 0 Å². The van der Waals surface area contributed by atoms with Gasteiger partial charge in [-0.3, -0.25) is 4.79 Å². The van der Waals surface area contributed by atoms with Gasteiger partial charge in [-0.1, -0.05) is 0 Å². The number of hydrogen-bond donors (Lipinski definition) is 1.